The lowest BCUT2D eigenvalue weighted by Crippen LogP contribution is -2.02. The van der Waals surface area contributed by atoms with Gasteiger partial charge in [0.05, 0.1) is 10.4 Å². The van der Waals surface area contributed by atoms with E-state index in [1.165, 1.54) is 16.7 Å². The molecule has 3 heteroatoms. The topological polar surface area (TPSA) is 24.9 Å². The molecule has 2 nitrogen and oxygen atoms in total. The van der Waals surface area contributed by atoms with Crippen molar-refractivity contribution in [2.24, 2.45) is 0 Å². The number of nitrogens with zero attached hydrogens (tertiary/aromatic N) is 1. The summed E-state index contributed by atoms with van der Waals surface area (Å²) >= 11 is 1.62. The number of benzene rings is 1. The minimum Gasteiger partial charge on any atom is -0.329 e. The molecule has 2 rings (SSSR count). The maximum Gasteiger partial charge on any atom is 0.0855 e. The van der Waals surface area contributed by atoms with E-state index in [0.29, 0.717) is 0 Å². The Hall–Kier alpha value is -1.74. The number of hydrogen-bond donors (Lipinski definition) is 1. The molecule has 0 radical (unpaired) electrons. The predicted molar refractivity (Wildman–Crippen MR) is 88.5 cm³/mol. The van der Waals surface area contributed by atoms with Crippen LogP contribution >= 0.6 is 11.9 Å². The van der Waals surface area contributed by atoms with E-state index in [1.807, 2.05) is 12.3 Å². The van der Waals surface area contributed by atoms with Gasteiger partial charge < -0.3 is 4.72 Å². The van der Waals surface area contributed by atoms with Gasteiger partial charge in [-0.1, -0.05) is 36.8 Å². The van der Waals surface area contributed by atoms with Gasteiger partial charge in [-0.05, 0) is 50.4 Å². The second-order valence-electron chi connectivity index (χ2n) is 4.82. The van der Waals surface area contributed by atoms with Crippen LogP contribution in [0.3, 0.4) is 0 Å². The van der Waals surface area contributed by atoms with Gasteiger partial charge in [0.25, 0.3) is 0 Å². The third-order valence-electron chi connectivity index (χ3n) is 2.89. The van der Waals surface area contributed by atoms with Gasteiger partial charge in [-0.2, -0.15) is 0 Å². The molecule has 0 saturated heterocycles. The van der Waals surface area contributed by atoms with Gasteiger partial charge in [-0.15, -0.1) is 0 Å². The monoisotopic (exact) mass is 284 g/mol. The lowest BCUT2D eigenvalue weighted by molar-refractivity contribution is 1.02. The molecule has 0 amide bonds. The fourth-order valence-corrected chi connectivity index (χ4v) is 2.64. The highest BCUT2D eigenvalue weighted by Crippen LogP contribution is 2.25. The minimum atomic E-state index is 0.981. The highest BCUT2D eigenvalue weighted by atomic mass is 32.2. The molecule has 0 aliphatic rings. The van der Waals surface area contributed by atoms with Crippen molar-refractivity contribution in [1.82, 2.24) is 9.71 Å². The van der Waals surface area contributed by atoms with Crippen molar-refractivity contribution in [2.75, 3.05) is 0 Å². The van der Waals surface area contributed by atoms with Gasteiger partial charge in [0, 0.05) is 17.3 Å². The highest BCUT2D eigenvalue weighted by Gasteiger charge is 2.02. The fourth-order valence-electron chi connectivity index (χ4n) is 1.77. The van der Waals surface area contributed by atoms with Crippen LogP contribution in [0.5, 0.6) is 0 Å². The van der Waals surface area contributed by atoms with E-state index in [-0.39, 0.29) is 0 Å². The van der Waals surface area contributed by atoms with Gasteiger partial charge in [0.15, 0.2) is 0 Å². The molecule has 1 aromatic heterocycles. The quantitative estimate of drug-likeness (QED) is 0.611. The van der Waals surface area contributed by atoms with Crippen molar-refractivity contribution in [3.8, 4) is 0 Å². The van der Waals surface area contributed by atoms with Gasteiger partial charge in [0.2, 0.25) is 0 Å². The molecular weight excluding hydrogens is 264 g/mol. The molecule has 0 fully saturated rings. The Balaban J connectivity index is 2.16. The van der Waals surface area contributed by atoms with E-state index in [1.54, 1.807) is 11.9 Å². The molecule has 0 atom stereocenters. The zero-order chi connectivity index (χ0) is 14.4. The molecule has 104 valence electrons. The Morgan fingerprint density at radius 2 is 2.00 bits per heavy atom. The molecule has 0 spiro atoms. The van der Waals surface area contributed by atoms with E-state index in [9.17, 15) is 0 Å². The highest BCUT2D eigenvalue weighted by molar-refractivity contribution is 7.97. The smallest absolute Gasteiger partial charge is 0.0855 e. The van der Waals surface area contributed by atoms with Crippen molar-refractivity contribution < 1.29 is 0 Å². The summed E-state index contributed by atoms with van der Waals surface area (Å²) < 4.78 is 3.43. The molecule has 20 heavy (non-hydrogen) atoms. The zero-order valence-corrected chi connectivity index (χ0v) is 13.0. The summed E-state index contributed by atoms with van der Waals surface area (Å²) in [5.74, 6) is 0. The number of para-hydroxylation sites is 1. The van der Waals surface area contributed by atoms with E-state index >= 15 is 0 Å². The van der Waals surface area contributed by atoms with Crippen molar-refractivity contribution in [2.45, 2.75) is 32.1 Å². The first-order valence-electron chi connectivity index (χ1n) is 6.81. The van der Waals surface area contributed by atoms with Gasteiger partial charge in [-0.25, -0.2) is 0 Å². The lowest BCUT2D eigenvalue weighted by atomic mass is 10.2. The minimum absolute atomic E-state index is 0.981. The normalized spacial score (nSPS) is 11.4. The van der Waals surface area contributed by atoms with Crippen LogP contribution in [-0.4, -0.2) is 4.98 Å². The number of pyridine rings is 1. The maximum atomic E-state index is 4.47. The van der Waals surface area contributed by atoms with Crippen molar-refractivity contribution in [1.29, 1.82) is 0 Å². The summed E-state index contributed by atoms with van der Waals surface area (Å²) in [4.78, 5) is 5.62. The molecular formula is C17H20N2S. The molecule has 2 aromatic rings. The Kier molecular flexibility index (Phi) is 5.24. The molecule has 0 saturated carbocycles. The molecule has 0 aliphatic heterocycles. The van der Waals surface area contributed by atoms with Gasteiger partial charge in [-0.3, -0.25) is 4.98 Å². The maximum absolute atomic E-state index is 4.47. The van der Waals surface area contributed by atoms with Crippen LogP contribution < -0.4 is 4.72 Å². The van der Waals surface area contributed by atoms with E-state index in [2.05, 4.69) is 66.9 Å². The van der Waals surface area contributed by atoms with Crippen LogP contribution in [-0.2, 0) is 0 Å². The fraction of sp³-hybridized carbons (Fsp3) is 0.235. The molecule has 1 N–H and O–H groups in total. The Bertz CT molecular complexity index is 635. The van der Waals surface area contributed by atoms with Gasteiger partial charge >= 0.3 is 0 Å². The Morgan fingerprint density at radius 3 is 2.75 bits per heavy atom. The molecule has 1 aromatic carbocycles. The first kappa shape index (κ1) is 14.7. The Labute approximate surface area is 125 Å². The molecule has 0 unspecified atom stereocenters. The number of fused-ring (bicyclic) bond motifs is 1. The molecule has 1 heterocycles. The Morgan fingerprint density at radius 1 is 1.20 bits per heavy atom. The van der Waals surface area contributed by atoms with Crippen LogP contribution in [0.4, 0.5) is 0 Å². The number of aromatic nitrogens is 1. The zero-order valence-electron chi connectivity index (χ0n) is 12.2. The lowest BCUT2D eigenvalue weighted by Gasteiger charge is -2.09. The molecule has 0 bridgehead atoms. The summed E-state index contributed by atoms with van der Waals surface area (Å²) in [6.07, 6.45) is 7.09. The second kappa shape index (κ2) is 7.15. The summed E-state index contributed by atoms with van der Waals surface area (Å²) in [7, 11) is 0. The summed E-state index contributed by atoms with van der Waals surface area (Å²) in [6.45, 7) is 6.36. The largest absolute Gasteiger partial charge is 0.329 e. The van der Waals surface area contributed by atoms with E-state index in [4.69, 9.17) is 0 Å². The first-order valence-corrected chi connectivity index (χ1v) is 7.63. The number of hydrogen-bond acceptors (Lipinski definition) is 3. The van der Waals surface area contributed by atoms with Gasteiger partial charge in [0.1, 0.15) is 0 Å². The van der Waals surface area contributed by atoms with Crippen molar-refractivity contribution in [3.05, 3.63) is 60.0 Å². The summed E-state index contributed by atoms with van der Waals surface area (Å²) in [5.41, 5.74) is 3.56. The predicted octanol–water partition coefficient (Wildman–Crippen LogP) is 5.09. The van der Waals surface area contributed by atoms with Crippen molar-refractivity contribution in [3.63, 3.8) is 0 Å². The van der Waals surface area contributed by atoms with E-state index < -0.39 is 0 Å². The van der Waals surface area contributed by atoms with E-state index in [0.717, 1.165) is 16.8 Å². The average molecular weight is 284 g/mol. The summed E-state index contributed by atoms with van der Waals surface area (Å²) in [5, 5.41) is 1.17. The summed E-state index contributed by atoms with van der Waals surface area (Å²) in [6, 6.07) is 10.3. The third kappa shape index (κ3) is 3.87. The van der Waals surface area contributed by atoms with Crippen LogP contribution in [0.1, 0.15) is 27.2 Å². The van der Waals surface area contributed by atoms with Crippen LogP contribution in [0.25, 0.3) is 10.9 Å². The number of rotatable bonds is 5. The number of nitrogens with one attached hydrogen (secondary N) is 1. The van der Waals surface area contributed by atoms with Crippen LogP contribution in [0, 0.1) is 0 Å². The SMILES string of the molecule is CC/C(=C\C=C(C)C)NSc1cccc2cccnc12. The average Bonchev–Trinajstić information content (AvgIpc) is 2.47. The first-order chi connectivity index (χ1) is 9.70. The molecule has 0 aliphatic carbocycles. The van der Waals surface area contributed by atoms with Crippen LogP contribution in [0.2, 0.25) is 0 Å². The third-order valence-corrected chi connectivity index (χ3v) is 3.80. The van der Waals surface area contributed by atoms with Crippen molar-refractivity contribution >= 4 is 22.9 Å². The standard InChI is InChI=1S/C17H20N2S/c1-4-15(11-10-13(2)3)19-20-16-9-5-7-14-8-6-12-18-17(14)16/h5-12,19H,4H2,1-3H3/b15-11+. The van der Waals surface area contributed by atoms with Crippen LogP contribution in [0.15, 0.2) is 64.8 Å². The number of allylic oxidation sites excluding steroid dienone is 4. The second-order valence-corrected chi connectivity index (χ2v) is 5.67.